The number of ether oxygens (including phenoxy) is 2. The molecule has 8 heteroatoms. The number of carbonyl (C=O) groups excluding carboxylic acids is 1. The van der Waals surface area contributed by atoms with E-state index in [-0.39, 0.29) is 24.1 Å². The van der Waals surface area contributed by atoms with Crippen molar-refractivity contribution in [2.45, 2.75) is 13.0 Å². The Hall–Kier alpha value is -2.80. The number of pyridine rings is 1. The van der Waals surface area contributed by atoms with E-state index in [1.54, 1.807) is 25.3 Å². The fourth-order valence-electron chi connectivity index (χ4n) is 2.93. The second kappa shape index (κ2) is 6.49. The topological polar surface area (TPSA) is 76.2 Å². The van der Waals surface area contributed by atoms with Crippen LogP contribution in [0.4, 0.5) is 4.39 Å². The van der Waals surface area contributed by atoms with Crippen LogP contribution in [-0.4, -0.2) is 29.0 Å². The number of halogens is 2. The molecule has 1 aromatic carbocycles. The SMILES string of the molecule is CC1Oc2ccc3[nH]cc(c3n2)C(=O)NCCOc2ccc(F)c(Cl)c21. The summed E-state index contributed by atoms with van der Waals surface area (Å²) in [6, 6.07) is 6.18. The minimum Gasteiger partial charge on any atom is -0.491 e. The molecule has 1 atom stereocenters. The van der Waals surface area contributed by atoms with Crippen molar-refractivity contribution in [3.05, 3.63) is 52.4 Å². The molecule has 0 radical (unpaired) electrons. The van der Waals surface area contributed by atoms with Gasteiger partial charge in [0.15, 0.2) is 0 Å². The Balaban J connectivity index is 1.82. The van der Waals surface area contributed by atoms with Gasteiger partial charge in [0.1, 0.15) is 29.8 Å². The van der Waals surface area contributed by atoms with Gasteiger partial charge < -0.3 is 19.8 Å². The molecule has 1 aliphatic heterocycles. The highest BCUT2D eigenvalue weighted by molar-refractivity contribution is 6.31. The maximum atomic E-state index is 14.0. The summed E-state index contributed by atoms with van der Waals surface area (Å²) in [5.41, 5.74) is 2.02. The van der Waals surface area contributed by atoms with Crippen LogP contribution in [0.5, 0.6) is 11.6 Å². The highest BCUT2D eigenvalue weighted by Gasteiger charge is 2.22. The van der Waals surface area contributed by atoms with E-state index in [1.165, 1.54) is 12.1 Å². The predicted octanol–water partition coefficient (Wildman–Crippen LogP) is 3.62. The van der Waals surface area contributed by atoms with Crippen LogP contribution in [0, 0.1) is 5.82 Å². The van der Waals surface area contributed by atoms with Crippen molar-refractivity contribution in [3.63, 3.8) is 0 Å². The Bertz CT molecular complexity index is 1000. The standard InChI is InChI=1S/C18H15ClFN3O3/c1-9-15-13(4-2-11(20)16(15)19)25-7-6-21-18(24)10-8-22-12-3-5-14(26-9)23-17(10)12/h2-5,8-9,22H,6-7H2,1H3,(H,21,24). The van der Waals surface area contributed by atoms with Crippen LogP contribution in [0.3, 0.4) is 0 Å². The highest BCUT2D eigenvalue weighted by Crippen LogP contribution is 2.36. The number of rotatable bonds is 0. The smallest absolute Gasteiger partial charge is 0.255 e. The van der Waals surface area contributed by atoms with Gasteiger partial charge in [-0.1, -0.05) is 11.6 Å². The summed E-state index contributed by atoms with van der Waals surface area (Å²) < 4.78 is 25.5. The lowest BCUT2D eigenvalue weighted by molar-refractivity contribution is 0.0948. The van der Waals surface area contributed by atoms with Gasteiger partial charge in [-0.3, -0.25) is 4.79 Å². The summed E-state index contributed by atoms with van der Waals surface area (Å²) in [5.74, 6) is -0.129. The number of aromatic amines is 1. The van der Waals surface area contributed by atoms with E-state index in [0.717, 1.165) is 0 Å². The van der Waals surface area contributed by atoms with E-state index >= 15 is 0 Å². The zero-order valence-electron chi connectivity index (χ0n) is 13.8. The number of nitrogens with one attached hydrogen (secondary N) is 2. The molecule has 1 amide bonds. The van der Waals surface area contributed by atoms with Gasteiger partial charge in [-0.05, 0) is 25.1 Å². The van der Waals surface area contributed by atoms with E-state index in [0.29, 0.717) is 33.8 Å². The molecule has 2 N–H and O–H groups in total. The first-order chi connectivity index (χ1) is 12.5. The summed E-state index contributed by atoms with van der Waals surface area (Å²) in [7, 11) is 0. The van der Waals surface area contributed by atoms with Crippen LogP contribution >= 0.6 is 11.6 Å². The maximum Gasteiger partial charge on any atom is 0.255 e. The Labute approximate surface area is 153 Å². The van der Waals surface area contributed by atoms with Crippen LogP contribution in [0.15, 0.2) is 30.5 Å². The van der Waals surface area contributed by atoms with Crippen molar-refractivity contribution in [1.82, 2.24) is 15.3 Å². The molecule has 1 unspecified atom stereocenters. The largest absolute Gasteiger partial charge is 0.491 e. The molecule has 2 bridgehead atoms. The second-order valence-corrected chi connectivity index (χ2v) is 6.26. The number of hydrogen-bond donors (Lipinski definition) is 2. The summed E-state index contributed by atoms with van der Waals surface area (Å²) >= 11 is 6.15. The van der Waals surface area contributed by atoms with Crippen molar-refractivity contribution >= 4 is 28.5 Å². The van der Waals surface area contributed by atoms with E-state index in [9.17, 15) is 9.18 Å². The van der Waals surface area contributed by atoms with Gasteiger partial charge in [-0.2, -0.15) is 0 Å². The Morgan fingerprint density at radius 2 is 2.15 bits per heavy atom. The maximum absolute atomic E-state index is 14.0. The van der Waals surface area contributed by atoms with Crippen LogP contribution in [-0.2, 0) is 0 Å². The number of H-pyrrole nitrogens is 1. The Kier molecular flexibility index (Phi) is 4.16. The summed E-state index contributed by atoms with van der Waals surface area (Å²) in [4.78, 5) is 19.8. The van der Waals surface area contributed by atoms with E-state index in [2.05, 4.69) is 15.3 Å². The molecule has 4 rings (SSSR count). The zero-order chi connectivity index (χ0) is 18.3. The van der Waals surface area contributed by atoms with Gasteiger partial charge in [-0.15, -0.1) is 0 Å². The van der Waals surface area contributed by atoms with Crippen molar-refractivity contribution < 1.29 is 18.7 Å². The fourth-order valence-corrected chi connectivity index (χ4v) is 3.24. The van der Waals surface area contributed by atoms with Gasteiger partial charge in [0.2, 0.25) is 5.88 Å². The van der Waals surface area contributed by atoms with Crippen LogP contribution in [0.2, 0.25) is 5.02 Å². The van der Waals surface area contributed by atoms with Gasteiger partial charge in [0.05, 0.1) is 28.2 Å². The summed E-state index contributed by atoms with van der Waals surface area (Å²) in [6.07, 6.45) is 0.992. The molecule has 3 aromatic rings. The van der Waals surface area contributed by atoms with E-state index in [1.807, 2.05) is 0 Å². The first kappa shape index (κ1) is 16.7. The van der Waals surface area contributed by atoms with Crippen LogP contribution < -0.4 is 14.8 Å². The number of nitrogens with zero attached hydrogens (tertiary/aromatic N) is 1. The lowest BCUT2D eigenvalue weighted by Gasteiger charge is -2.19. The number of aromatic nitrogens is 2. The quantitative estimate of drug-likeness (QED) is 0.629. The minimum absolute atomic E-state index is 0.0580. The molecule has 0 saturated carbocycles. The zero-order valence-corrected chi connectivity index (χ0v) is 14.6. The molecule has 2 aromatic heterocycles. The molecule has 6 nitrogen and oxygen atoms in total. The van der Waals surface area contributed by atoms with Gasteiger partial charge in [0.25, 0.3) is 5.91 Å². The highest BCUT2D eigenvalue weighted by atomic mass is 35.5. The molecule has 3 heterocycles. The lowest BCUT2D eigenvalue weighted by Crippen LogP contribution is -2.28. The molecular weight excluding hydrogens is 361 g/mol. The normalized spacial score (nSPS) is 17.3. The molecule has 0 saturated heterocycles. The minimum atomic E-state index is -0.607. The number of fused-ring (bicyclic) bond motifs is 2. The van der Waals surface area contributed by atoms with Crippen molar-refractivity contribution in [2.24, 2.45) is 0 Å². The van der Waals surface area contributed by atoms with Gasteiger partial charge in [0, 0.05) is 12.3 Å². The number of amides is 1. The molecule has 1 aliphatic rings. The van der Waals surface area contributed by atoms with E-state index in [4.69, 9.17) is 21.1 Å². The number of carbonyl (C=O) groups is 1. The Morgan fingerprint density at radius 1 is 1.31 bits per heavy atom. The molecule has 0 fully saturated rings. The van der Waals surface area contributed by atoms with Gasteiger partial charge in [-0.25, -0.2) is 9.37 Å². The summed E-state index contributed by atoms with van der Waals surface area (Å²) in [5, 5.41) is 2.71. The van der Waals surface area contributed by atoms with Crippen molar-refractivity contribution in [2.75, 3.05) is 13.2 Å². The third kappa shape index (κ3) is 2.84. The molecular formula is C18H15ClFN3O3. The molecule has 134 valence electrons. The molecule has 0 spiro atoms. The summed E-state index contributed by atoms with van der Waals surface area (Å²) in [6.45, 7) is 2.21. The Morgan fingerprint density at radius 3 is 3.00 bits per heavy atom. The average Bonchev–Trinajstić information content (AvgIpc) is 3.04. The van der Waals surface area contributed by atoms with E-state index < -0.39 is 11.9 Å². The van der Waals surface area contributed by atoms with Gasteiger partial charge >= 0.3 is 0 Å². The van der Waals surface area contributed by atoms with Crippen molar-refractivity contribution in [3.8, 4) is 11.6 Å². The number of hydrogen-bond acceptors (Lipinski definition) is 4. The predicted molar refractivity (Wildman–Crippen MR) is 94.4 cm³/mol. The first-order valence-electron chi connectivity index (χ1n) is 8.08. The van der Waals surface area contributed by atoms with Crippen molar-refractivity contribution in [1.29, 1.82) is 0 Å². The molecule has 0 aliphatic carbocycles. The van der Waals surface area contributed by atoms with Crippen LogP contribution in [0.25, 0.3) is 11.0 Å². The third-order valence-electron chi connectivity index (χ3n) is 4.18. The second-order valence-electron chi connectivity index (χ2n) is 5.89. The third-order valence-corrected chi connectivity index (χ3v) is 4.57. The fraction of sp³-hybridized carbons (Fsp3) is 0.222. The molecule has 26 heavy (non-hydrogen) atoms. The number of benzene rings is 1. The average molecular weight is 376 g/mol. The van der Waals surface area contributed by atoms with Crippen LogP contribution in [0.1, 0.15) is 28.9 Å². The first-order valence-corrected chi connectivity index (χ1v) is 8.46. The monoisotopic (exact) mass is 375 g/mol. The lowest BCUT2D eigenvalue weighted by atomic mass is 10.1.